The largest absolute Gasteiger partial charge is 0.392 e. The number of aliphatic hydroxyl groups is 1. The van der Waals surface area contributed by atoms with Gasteiger partial charge in [-0.05, 0) is 19.1 Å². The lowest BCUT2D eigenvalue weighted by Gasteiger charge is -2.39. The molecular formula is C14H20N2O4S. The Kier molecular flexibility index (Phi) is 4.97. The molecule has 1 aliphatic heterocycles. The Hall–Kier alpha value is -1.44. The van der Waals surface area contributed by atoms with Crippen LogP contribution >= 0.6 is 0 Å². The van der Waals surface area contributed by atoms with Gasteiger partial charge in [-0.25, -0.2) is 13.1 Å². The van der Waals surface area contributed by atoms with E-state index >= 15 is 0 Å². The summed E-state index contributed by atoms with van der Waals surface area (Å²) in [6, 6.07) is 8.94. The van der Waals surface area contributed by atoms with Crippen molar-refractivity contribution in [1.82, 2.24) is 9.62 Å². The molecule has 2 N–H and O–H groups in total. The first kappa shape index (κ1) is 15.9. The number of sulfonamides is 1. The van der Waals surface area contributed by atoms with Crippen LogP contribution in [-0.4, -0.2) is 55.8 Å². The van der Waals surface area contributed by atoms with E-state index in [2.05, 4.69) is 4.72 Å². The maximum Gasteiger partial charge on any atom is 0.253 e. The van der Waals surface area contributed by atoms with Gasteiger partial charge in [-0.1, -0.05) is 18.2 Å². The number of carbonyl (C=O) groups excluding carboxylic acids is 1. The molecule has 2 rings (SSSR count). The van der Waals surface area contributed by atoms with Crippen LogP contribution in [-0.2, 0) is 10.0 Å². The molecule has 1 heterocycles. The van der Waals surface area contributed by atoms with Crippen LogP contribution in [0, 0.1) is 5.92 Å². The van der Waals surface area contributed by atoms with Crippen molar-refractivity contribution in [3.8, 4) is 0 Å². The molecule has 1 aromatic rings. The number of benzene rings is 1. The van der Waals surface area contributed by atoms with Gasteiger partial charge in [-0.15, -0.1) is 0 Å². The molecule has 1 amide bonds. The zero-order chi connectivity index (χ0) is 15.5. The third kappa shape index (κ3) is 4.52. The van der Waals surface area contributed by atoms with Crippen LogP contribution in [0.4, 0.5) is 0 Å². The van der Waals surface area contributed by atoms with E-state index in [4.69, 9.17) is 5.11 Å². The fourth-order valence-electron chi connectivity index (χ4n) is 2.22. The van der Waals surface area contributed by atoms with E-state index in [0.29, 0.717) is 18.7 Å². The van der Waals surface area contributed by atoms with Crippen LogP contribution in [0.5, 0.6) is 0 Å². The monoisotopic (exact) mass is 312 g/mol. The topological polar surface area (TPSA) is 86.7 Å². The number of carbonyl (C=O) groups is 1. The Labute approximate surface area is 124 Å². The van der Waals surface area contributed by atoms with Crippen LogP contribution in [0.2, 0.25) is 0 Å². The highest BCUT2D eigenvalue weighted by Gasteiger charge is 2.34. The predicted octanol–water partition coefficient (Wildman–Crippen LogP) is 0.0588. The van der Waals surface area contributed by atoms with Gasteiger partial charge in [-0.2, -0.15) is 0 Å². The van der Waals surface area contributed by atoms with Gasteiger partial charge in [0.1, 0.15) is 0 Å². The molecule has 0 radical (unpaired) electrons. The number of rotatable bonds is 6. The molecule has 0 unspecified atom stereocenters. The van der Waals surface area contributed by atoms with Gasteiger partial charge < -0.3 is 10.0 Å². The Morgan fingerprint density at radius 1 is 1.38 bits per heavy atom. The first-order chi connectivity index (χ1) is 9.87. The normalized spacial score (nSPS) is 17.3. The standard InChI is InChI=1S/C14H20N2O4S/c1-11(17)7-15-21(19,20)10-12-8-16(9-12)14(18)13-5-3-2-4-6-13/h2-6,11-12,15,17H,7-10H2,1H3/t11-/m1/s1. The van der Waals surface area contributed by atoms with E-state index in [1.165, 1.54) is 6.92 Å². The number of aliphatic hydroxyl groups excluding tert-OH is 1. The van der Waals surface area contributed by atoms with Crippen LogP contribution in [0.3, 0.4) is 0 Å². The van der Waals surface area contributed by atoms with Crippen molar-refractivity contribution < 1.29 is 18.3 Å². The fraction of sp³-hybridized carbons (Fsp3) is 0.500. The molecule has 1 fully saturated rings. The van der Waals surface area contributed by atoms with Gasteiger partial charge >= 0.3 is 0 Å². The third-order valence-corrected chi connectivity index (χ3v) is 4.84. The molecule has 0 aromatic heterocycles. The van der Waals surface area contributed by atoms with Gasteiger partial charge in [-0.3, -0.25) is 4.79 Å². The first-order valence-corrected chi connectivity index (χ1v) is 8.52. The maximum atomic E-state index is 12.1. The summed E-state index contributed by atoms with van der Waals surface area (Å²) in [6.07, 6.45) is -0.711. The van der Waals surface area contributed by atoms with Crippen LogP contribution in [0.1, 0.15) is 17.3 Å². The second-order valence-electron chi connectivity index (χ2n) is 5.42. The Bertz CT molecular complexity index is 580. The highest BCUT2D eigenvalue weighted by atomic mass is 32.2. The van der Waals surface area contributed by atoms with Gasteiger partial charge in [0.05, 0.1) is 11.9 Å². The van der Waals surface area contributed by atoms with Gasteiger partial charge in [0, 0.05) is 31.1 Å². The Morgan fingerprint density at radius 2 is 2.00 bits per heavy atom. The molecule has 116 valence electrons. The fourth-order valence-corrected chi connectivity index (χ4v) is 3.67. The number of hydrogen-bond acceptors (Lipinski definition) is 4. The highest BCUT2D eigenvalue weighted by molar-refractivity contribution is 7.89. The van der Waals surface area contributed by atoms with E-state index in [1.807, 2.05) is 6.07 Å². The molecule has 0 saturated carbocycles. The summed E-state index contributed by atoms with van der Waals surface area (Å²) in [4.78, 5) is 13.7. The number of nitrogens with zero attached hydrogens (tertiary/aromatic N) is 1. The Morgan fingerprint density at radius 3 is 2.57 bits per heavy atom. The summed E-state index contributed by atoms with van der Waals surface area (Å²) in [6.45, 7) is 2.43. The lowest BCUT2D eigenvalue weighted by Crippen LogP contribution is -2.53. The van der Waals surface area contributed by atoms with E-state index < -0.39 is 16.1 Å². The second kappa shape index (κ2) is 6.55. The lowest BCUT2D eigenvalue weighted by molar-refractivity contribution is 0.0534. The average molecular weight is 312 g/mol. The van der Waals surface area contributed by atoms with Crippen molar-refractivity contribution in [3.63, 3.8) is 0 Å². The Balaban J connectivity index is 1.80. The molecule has 0 spiro atoms. The summed E-state index contributed by atoms with van der Waals surface area (Å²) in [5.74, 6) is -0.136. The van der Waals surface area contributed by atoms with Crippen molar-refractivity contribution in [2.45, 2.75) is 13.0 Å². The summed E-state index contributed by atoms with van der Waals surface area (Å²) < 4.78 is 25.9. The number of hydrogen-bond donors (Lipinski definition) is 2. The molecule has 0 bridgehead atoms. The summed E-state index contributed by atoms with van der Waals surface area (Å²) in [7, 11) is -3.40. The molecule has 1 aliphatic rings. The zero-order valence-corrected chi connectivity index (χ0v) is 12.7. The minimum atomic E-state index is -3.40. The molecule has 6 nitrogen and oxygen atoms in total. The van der Waals surface area contributed by atoms with Crippen LogP contribution in [0.25, 0.3) is 0 Å². The van der Waals surface area contributed by atoms with Crippen molar-refractivity contribution in [2.75, 3.05) is 25.4 Å². The van der Waals surface area contributed by atoms with E-state index in [1.54, 1.807) is 29.2 Å². The molecule has 1 atom stereocenters. The minimum Gasteiger partial charge on any atom is -0.392 e. The minimum absolute atomic E-state index is 0.0156. The zero-order valence-electron chi connectivity index (χ0n) is 11.9. The molecule has 1 saturated heterocycles. The first-order valence-electron chi connectivity index (χ1n) is 6.87. The van der Waals surface area contributed by atoms with Crippen molar-refractivity contribution in [3.05, 3.63) is 35.9 Å². The number of amides is 1. The third-order valence-electron chi connectivity index (χ3n) is 3.32. The van der Waals surface area contributed by atoms with E-state index in [-0.39, 0.29) is 24.1 Å². The van der Waals surface area contributed by atoms with Gasteiger partial charge in [0.15, 0.2) is 0 Å². The smallest absolute Gasteiger partial charge is 0.253 e. The van der Waals surface area contributed by atoms with Crippen molar-refractivity contribution in [2.24, 2.45) is 5.92 Å². The van der Waals surface area contributed by atoms with Crippen molar-refractivity contribution >= 4 is 15.9 Å². The SMILES string of the molecule is C[C@@H](O)CNS(=O)(=O)CC1CN(C(=O)c2ccccc2)C1. The molecular weight excluding hydrogens is 292 g/mol. The van der Waals surface area contributed by atoms with Gasteiger partial charge in [0.25, 0.3) is 5.91 Å². The van der Waals surface area contributed by atoms with Gasteiger partial charge in [0.2, 0.25) is 10.0 Å². The van der Waals surface area contributed by atoms with E-state index in [9.17, 15) is 13.2 Å². The molecule has 21 heavy (non-hydrogen) atoms. The summed E-state index contributed by atoms with van der Waals surface area (Å²) in [5, 5.41) is 9.08. The molecule has 7 heteroatoms. The quantitative estimate of drug-likeness (QED) is 0.777. The second-order valence-corrected chi connectivity index (χ2v) is 7.27. The highest BCUT2D eigenvalue weighted by Crippen LogP contribution is 2.20. The number of likely N-dealkylation sites (tertiary alicyclic amines) is 1. The van der Waals surface area contributed by atoms with Crippen LogP contribution in [0.15, 0.2) is 30.3 Å². The molecule has 0 aliphatic carbocycles. The predicted molar refractivity (Wildman–Crippen MR) is 79.3 cm³/mol. The average Bonchev–Trinajstić information content (AvgIpc) is 2.41. The number of nitrogens with one attached hydrogen (secondary N) is 1. The van der Waals surface area contributed by atoms with E-state index in [0.717, 1.165) is 0 Å². The van der Waals surface area contributed by atoms with Crippen LogP contribution < -0.4 is 4.72 Å². The summed E-state index contributed by atoms with van der Waals surface area (Å²) >= 11 is 0. The summed E-state index contributed by atoms with van der Waals surface area (Å²) in [5.41, 5.74) is 0.617. The maximum absolute atomic E-state index is 12.1. The lowest BCUT2D eigenvalue weighted by atomic mass is 10.0. The van der Waals surface area contributed by atoms with Crippen molar-refractivity contribution in [1.29, 1.82) is 0 Å². The molecule has 1 aromatic carbocycles.